The highest BCUT2D eigenvalue weighted by atomic mass is 16.5. The number of imide groups is 1. The summed E-state index contributed by atoms with van der Waals surface area (Å²) in [7, 11) is 0. The number of hydrogen-bond acceptors (Lipinski definition) is 5. The summed E-state index contributed by atoms with van der Waals surface area (Å²) < 4.78 is 5.40. The third-order valence-electron chi connectivity index (χ3n) is 3.78. The lowest BCUT2D eigenvalue weighted by Crippen LogP contribution is -2.28. The number of benzene rings is 1. The van der Waals surface area contributed by atoms with Crippen molar-refractivity contribution in [3.63, 3.8) is 0 Å². The maximum atomic E-state index is 12.3. The fourth-order valence-corrected chi connectivity index (χ4v) is 2.54. The second-order valence-corrected chi connectivity index (χ2v) is 5.48. The van der Waals surface area contributed by atoms with Crippen LogP contribution in [0.15, 0.2) is 48.7 Å². The van der Waals surface area contributed by atoms with E-state index < -0.39 is 12.1 Å². The minimum atomic E-state index is -0.533. The summed E-state index contributed by atoms with van der Waals surface area (Å²) in [6, 6.07) is 11.7. The Bertz CT molecular complexity index is 773. The summed E-state index contributed by atoms with van der Waals surface area (Å²) in [6.45, 7) is 1.73. The highest BCUT2D eigenvalue weighted by molar-refractivity contribution is 6.20. The van der Waals surface area contributed by atoms with Crippen LogP contribution in [-0.4, -0.2) is 22.8 Å². The Kier molecular flexibility index (Phi) is 4.37. The first-order chi connectivity index (χ1) is 11.6. The van der Waals surface area contributed by atoms with Gasteiger partial charge >= 0.3 is 5.97 Å². The summed E-state index contributed by atoms with van der Waals surface area (Å²) in [5, 5.41) is 0. The van der Waals surface area contributed by atoms with Gasteiger partial charge in [0.05, 0.1) is 16.9 Å². The highest BCUT2D eigenvalue weighted by Crippen LogP contribution is 2.24. The normalized spacial score (nSPS) is 15.5. The first-order valence-electron chi connectivity index (χ1n) is 7.64. The highest BCUT2D eigenvalue weighted by Gasteiger charge is 2.30. The Hall–Kier alpha value is -3.02. The number of amides is 2. The number of aromatic nitrogens is 1. The number of carbonyl (C=O) groups excluding carboxylic acids is 3. The predicted octanol–water partition coefficient (Wildman–Crippen LogP) is 2.65. The van der Waals surface area contributed by atoms with Gasteiger partial charge in [0.1, 0.15) is 6.10 Å². The molecule has 1 saturated heterocycles. The molecule has 122 valence electrons. The van der Waals surface area contributed by atoms with Crippen LogP contribution in [0.3, 0.4) is 0 Å². The summed E-state index contributed by atoms with van der Waals surface area (Å²) in [5.41, 5.74) is 1.32. The van der Waals surface area contributed by atoms with Crippen LogP contribution in [0.5, 0.6) is 0 Å². The quantitative estimate of drug-likeness (QED) is 0.638. The maximum Gasteiger partial charge on any atom is 0.338 e. The molecule has 0 unspecified atom stereocenters. The molecule has 0 spiro atoms. The number of anilines is 1. The maximum absolute atomic E-state index is 12.3. The molecule has 0 saturated carbocycles. The second-order valence-electron chi connectivity index (χ2n) is 5.48. The third-order valence-corrected chi connectivity index (χ3v) is 3.78. The van der Waals surface area contributed by atoms with Crippen molar-refractivity contribution in [2.75, 3.05) is 4.90 Å². The van der Waals surface area contributed by atoms with E-state index in [1.807, 2.05) is 6.07 Å². The summed E-state index contributed by atoms with van der Waals surface area (Å²) in [6.07, 6.45) is 1.52. The summed E-state index contributed by atoms with van der Waals surface area (Å²) in [5.74, 6) is -1.05. The fourth-order valence-electron chi connectivity index (χ4n) is 2.54. The van der Waals surface area contributed by atoms with Crippen molar-refractivity contribution in [2.45, 2.75) is 25.9 Å². The van der Waals surface area contributed by atoms with Crippen LogP contribution in [0.2, 0.25) is 0 Å². The van der Waals surface area contributed by atoms with Crippen molar-refractivity contribution in [3.8, 4) is 0 Å². The smallest absolute Gasteiger partial charge is 0.338 e. The fraction of sp³-hybridized carbons (Fsp3) is 0.222. The Morgan fingerprint density at radius 3 is 2.54 bits per heavy atom. The molecule has 0 bridgehead atoms. The van der Waals surface area contributed by atoms with Gasteiger partial charge in [0, 0.05) is 19.0 Å². The standard InChI is InChI=1S/C18H16N2O4/c1-12(15-7-2-3-10-19-15)24-18(23)13-5-4-6-14(11-13)20-16(21)8-9-17(20)22/h2-7,10-12H,8-9H2,1H3/t12-/m1/s1. The van der Waals surface area contributed by atoms with E-state index >= 15 is 0 Å². The molecule has 2 amide bonds. The Balaban J connectivity index is 1.77. The van der Waals surface area contributed by atoms with Crippen LogP contribution < -0.4 is 4.90 Å². The van der Waals surface area contributed by atoms with Crippen molar-refractivity contribution in [3.05, 3.63) is 59.9 Å². The lowest BCUT2D eigenvalue weighted by Gasteiger charge is -2.16. The van der Waals surface area contributed by atoms with Gasteiger partial charge in [-0.1, -0.05) is 12.1 Å². The van der Waals surface area contributed by atoms with Crippen molar-refractivity contribution >= 4 is 23.5 Å². The molecule has 1 fully saturated rings. The van der Waals surface area contributed by atoms with Gasteiger partial charge in [0.15, 0.2) is 0 Å². The monoisotopic (exact) mass is 324 g/mol. The third kappa shape index (κ3) is 3.17. The van der Waals surface area contributed by atoms with Gasteiger partial charge in [-0.2, -0.15) is 0 Å². The van der Waals surface area contributed by atoms with Crippen molar-refractivity contribution in [2.24, 2.45) is 0 Å². The number of pyridine rings is 1. The first kappa shape index (κ1) is 15.9. The largest absolute Gasteiger partial charge is 0.453 e. The molecule has 1 aliphatic heterocycles. The van der Waals surface area contributed by atoms with Crippen LogP contribution in [0.4, 0.5) is 5.69 Å². The molecule has 2 heterocycles. The molecule has 1 atom stereocenters. The molecular weight excluding hydrogens is 308 g/mol. The zero-order chi connectivity index (χ0) is 17.1. The van der Waals surface area contributed by atoms with Crippen LogP contribution in [-0.2, 0) is 14.3 Å². The molecule has 0 radical (unpaired) electrons. The predicted molar refractivity (Wildman–Crippen MR) is 86.2 cm³/mol. The van der Waals surface area contributed by atoms with Crippen LogP contribution in [0.1, 0.15) is 41.9 Å². The van der Waals surface area contributed by atoms with E-state index in [1.165, 1.54) is 6.07 Å². The van der Waals surface area contributed by atoms with Gasteiger partial charge in [0.2, 0.25) is 11.8 Å². The second kappa shape index (κ2) is 6.62. The molecule has 24 heavy (non-hydrogen) atoms. The van der Waals surface area contributed by atoms with Crippen LogP contribution >= 0.6 is 0 Å². The van der Waals surface area contributed by atoms with E-state index in [9.17, 15) is 14.4 Å². The molecule has 3 rings (SSSR count). The first-order valence-corrected chi connectivity index (χ1v) is 7.64. The Labute approximate surface area is 139 Å². The lowest BCUT2D eigenvalue weighted by atomic mass is 10.2. The van der Waals surface area contributed by atoms with Crippen molar-refractivity contribution < 1.29 is 19.1 Å². The molecule has 1 aromatic carbocycles. The van der Waals surface area contributed by atoms with Gasteiger partial charge in [-0.25, -0.2) is 4.79 Å². The zero-order valence-electron chi connectivity index (χ0n) is 13.1. The molecular formula is C18H16N2O4. The topological polar surface area (TPSA) is 76.6 Å². The average molecular weight is 324 g/mol. The average Bonchev–Trinajstić information content (AvgIpc) is 2.94. The molecule has 1 aromatic heterocycles. The molecule has 2 aromatic rings. The minimum Gasteiger partial charge on any atom is -0.453 e. The SMILES string of the molecule is C[C@@H](OC(=O)c1cccc(N2C(=O)CCC2=O)c1)c1ccccn1. The summed E-state index contributed by atoms with van der Waals surface area (Å²) in [4.78, 5) is 41.2. The number of esters is 1. The van der Waals surface area contributed by atoms with E-state index in [-0.39, 0.29) is 30.2 Å². The van der Waals surface area contributed by atoms with E-state index in [0.29, 0.717) is 11.4 Å². The molecule has 0 aliphatic carbocycles. The Morgan fingerprint density at radius 2 is 1.88 bits per heavy atom. The number of ether oxygens (including phenoxy) is 1. The van der Waals surface area contributed by atoms with Crippen LogP contribution in [0, 0.1) is 0 Å². The van der Waals surface area contributed by atoms with Gasteiger partial charge in [-0.05, 0) is 37.3 Å². The lowest BCUT2D eigenvalue weighted by molar-refractivity contribution is -0.121. The van der Waals surface area contributed by atoms with E-state index in [4.69, 9.17) is 4.74 Å². The zero-order valence-corrected chi connectivity index (χ0v) is 13.1. The van der Waals surface area contributed by atoms with Crippen molar-refractivity contribution in [1.29, 1.82) is 0 Å². The number of nitrogens with zero attached hydrogens (tertiary/aromatic N) is 2. The number of carbonyl (C=O) groups is 3. The molecule has 6 heteroatoms. The minimum absolute atomic E-state index is 0.199. The van der Waals surface area contributed by atoms with Gasteiger partial charge in [0.25, 0.3) is 0 Å². The Morgan fingerprint density at radius 1 is 1.12 bits per heavy atom. The number of rotatable bonds is 4. The van der Waals surface area contributed by atoms with Crippen molar-refractivity contribution in [1.82, 2.24) is 4.98 Å². The molecule has 1 aliphatic rings. The van der Waals surface area contributed by atoms with E-state index in [1.54, 1.807) is 43.5 Å². The molecule has 0 N–H and O–H groups in total. The summed E-state index contributed by atoms with van der Waals surface area (Å²) >= 11 is 0. The van der Waals surface area contributed by atoms with E-state index in [2.05, 4.69) is 4.98 Å². The van der Waals surface area contributed by atoms with E-state index in [0.717, 1.165) is 4.90 Å². The van der Waals surface area contributed by atoms with Gasteiger partial charge in [-0.3, -0.25) is 19.5 Å². The number of hydrogen-bond donors (Lipinski definition) is 0. The van der Waals surface area contributed by atoms with Gasteiger partial charge in [-0.15, -0.1) is 0 Å². The molecule has 6 nitrogen and oxygen atoms in total. The van der Waals surface area contributed by atoms with Gasteiger partial charge < -0.3 is 4.74 Å². The van der Waals surface area contributed by atoms with Crippen LogP contribution in [0.25, 0.3) is 0 Å².